The van der Waals surface area contributed by atoms with Gasteiger partial charge in [0.1, 0.15) is 5.82 Å². The fourth-order valence-corrected chi connectivity index (χ4v) is 2.44. The summed E-state index contributed by atoms with van der Waals surface area (Å²) in [6.07, 6.45) is 2.79. The van der Waals surface area contributed by atoms with Crippen LogP contribution < -0.4 is 4.90 Å². The Kier molecular flexibility index (Phi) is 3.44. The van der Waals surface area contributed by atoms with Crippen molar-refractivity contribution in [3.8, 4) is 0 Å². The van der Waals surface area contributed by atoms with E-state index in [9.17, 15) is 9.50 Å². The van der Waals surface area contributed by atoms with Gasteiger partial charge in [-0.25, -0.2) is 4.39 Å². The largest absolute Gasteiger partial charge is 0.393 e. The van der Waals surface area contributed by atoms with Gasteiger partial charge in [0, 0.05) is 19.5 Å². The van der Waals surface area contributed by atoms with Gasteiger partial charge in [-0.3, -0.25) is 0 Å². The Hall–Kier alpha value is -1.09. The molecule has 1 aromatic carbocycles. The molecular weight excluding hydrogens is 205 g/mol. The van der Waals surface area contributed by atoms with Gasteiger partial charge in [0.15, 0.2) is 0 Å². The molecule has 3 heteroatoms. The lowest BCUT2D eigenvalue weighted by Gasteiger charge is -2.25. The third kappa shape index (κ3) is 2.35. The van der Waals surface area contributed by atoms with E-state index >= 15 is 0 Å². The average molecular weight is 223 g/mol. The summed E-state index contributed by atoms with van der Waals surface area (Å²) in [5.74, 6) is 0.0853. The average Bonchev–Trinajstić information content (AvgIpc) is 2.65. The van der Waals surface area contributed by atoms with Crippen molar-refractivity contribution in [1.82, 2.24) is 0 Å². The summed E-state index contributed by atoms with van der Waals surface area (Å²) < 4.78 is 13.5. The molecule has 2 atom stereocenters. The molecule has 1 aliphatic carbocycles. The van der Waals surface area contributed by atoms with Gasteiger partial charge in [-0.05, 0) is 25.0 Å². The lowest BCUT2D eigenvalue weighted by Crippen LogP contribution is -2.30. The van der Waals surface area contributed by atoms with Gasteiger partial charge in [-0.1, -0.05) is 18.6 Å². The molecule has 1 aliphatic rings. The van der Waals surface area contributed by atoms with Crippen LogP contribution in [0.15, 0.2) is 24.3 Å². The Morgan fingerprint density at radius 2 is 2.12 bits per heavy atom. The molecule has 0 aromatic heterocycles. The Morgan fingerprint density at radius 3 is 2.75 bits per heavy atom. The summed E-state index contributed by atoms with van der Waals surface area (Å²) in [6, 6.07) is 6.77. The third-order valence-electron chi connectivity index (χ3n) is 3.39. The highest BCUT2D eigenvalue weighted by molar-refractivity contribution is 5.46. The predicted molar refractivity (Wildman–Crippen MR) is 63.0 cm³/mol. The topological polar surface area (TPSA) is 23.5 Å². The second-order valence-corrected chi connectivity index (χ2v) is 4.59. The first-order chi connectivity index (χ1) is 7.68. The molecule has 0 aliphatic heterocycles. The first-order valence-electron chi connectivity index (χ1n) is 5.82. The van der Waals surface area contributed by atoms with Crippen molar-refractivity contribution in [3.63, 3.8) is 0 Å². The highest BCUT2D eigenvalue weighted by Crippen LogP contribution is 2.28. The van der Waals surface area contributed by atoms with Gasteiger partial charge in [-0.15, -0.1) is 0 Å². The molecule has 0 spiro atoms. The molecule has 1 N–H and O–H groups in total. The van der Waals surface area contributed by atoms with Crippen LogP contribution in [0.4, 0.5) is 10.1 Å². The van der Waals surface area contributed by atoms with Crippen LogP contribution in [-0.2, 0) is 0 Å². The summed E-state index contributed by atoms with van der Waals surface area (Å²) in [7, 11) is 1.88. The molecular formula is C13H18FNO. The minimum atomic E-state index is -0.214. The van der Waals surface area contributed by atoms with E-state index in [1.165, 1.54) is 6.07 Å². The van der Waals surface area contributed by atoms with Crippen molar-refractivity contribution in [2.45, 2.75) is 25.4 Å². The first kappa shape index (κ1) is 11.4. The van der Waals surface area contributed by atoms with Gasteiger partial charge in [-0.2, -0.15) is 0 Å². The molecule has 1 aromatic rings. The number of anilines is 1. The van der Waals surface area contributed by atoms with Crippen molar-refractivity contribution < 1.29 is 9.50 Å². The fourth-order valence-electron chi connectivity index (χ4n) is 2.44. The minimum absolute atomic E-state index is 0.197. The smallest absolute Gasteiger partial charge is 0.146 e. The van der Waals surface area contributed by atoms with E-state index in [1.807, 2.05) is 18.0 Å². The molecule has 2 unspecified atom stereocenters. The van der Waals surface area contributed by atoms with Crippen LogP contribution in [0.25, 0.3) is 0 Å². The number of nitrogens with zero attached hydrogens (tertiary/aromatic N) is 1. The maximum absolute atomic E-state index is 13.5. The zero-order chi connectivity index (χ0) is 11.5. The second-order valence-electron chi connectivity index (χ2n) is 4.59. The van der Waals surface area contributed by atoms with Crippen LogP contribution in [0.1, 0.15) is 19.3 Å². The van der Waals surface area contributed by atoms with E-state index in [4.69, 9.17) is 0 Å². The Morgan fingerprint density at radius 1 is 1.38 bits per heavy atom. The van der Waals surface area contributed by atoms with Crippen molar-refractivity contribution in [2.75, 3.05) is 18.5 Å². The molecule has 2 rings (SSSR count). The number of benzene rings is 1. The normalized spacial score (nSPS) is 24.7. The minimum Gasteiger partial charge on any atom is -0.393 e. The highest BCUT2D eigenvalue weighted by atomic mass is 19.1. The number of halogens is 1. The van der Waals surface area contributed by atoms with Crippen LogP contribution in [0.5, 0.6) is 0 Å². The van der Waals surface area contributed by atoms with Gasteiger partial charge >= 0.3 is 0 Å². The lowest BCUT2D eigenvalue weighted by atomic mass is 10.1. The molecule has 1 saturated carbocycles. The van der Waals surface area contributed by atoms with E-state index < -0.39 is 0 Å². The maximum atomic E-state index is 13.5. The van der Waals surface area contributed by atoms with Crippen LogP contribution in [0.2, 0.25) is 0 Å². The molecule has 16 heavy (non-hydrogen) atoms. The van der Waals surface area contributed by atoms with Crippen molar-refractivity contribution in [2.24, 2.45) is 5.92 Å². The van der Waals surface area contributed by atoms with E-state index in [1.54, 1.807) is 12.1 Å². The van der Waals surface area contributed by atoms with Crippen LogP contribution in [0, 0.1) is 11.7 Å². The standard InChI is InChI=1S/C13H18FNO/c1-15(9-10-5-4-8-13(10)16)12-7-3-2-6-11(12)14/h2-3,6-7,10,13,16H,4-5,8-9H2,1H3. The quantitative estimate of drug-likeness (QED) is 0.850. The number of hydrogen-bond acceptors (Lipinski definition) is 2. The van der Waals surface area contributed by atoms with E-state index in [0.717, 1.165) is 25.8 Å². The molecule has 0 amide bonds. The van der Waals surface area contributed by atoms with E-state index in [-0.39, 0.29) is 17.8 Å². The Bertz CT molecular complexity index is 356. The number of rotatable bonds is 3. The summed E-state index contributed by atoms with van der Waals surface area (Å²) >= 11 is 0. The number of para-hydroxylation sites is 1. The molecule has 0 saturated heterocycles. The number of aliphatic hydroxyl groups excluding tert-OH is 1. The summed E-state index contributed by atoms with van der Waals surface area (Å²) in [5, 5.41) is 9.73. The van der Waals surface area contributed by atoms with Crippen molar-refractivity contribution in [3.05, 3.63) is 30.1 Å². The van der Waals surface area contributed by atoms with Crippen LogP contribution in [-0.4, -0.2) is 24.8 Å². The number of hydrogen-bond donors (Lipinski definition) is 1. The lowest BCUT2D eigenvalue weighted by molar-refractivity contribution is 0.136. The number of aliphatic hydroxyl groups is 1. The van der Waals surface area contributed by atoms with Crippen molar-refractivity contribution >= 4 is 5.69 Å². The van der Waals surface area contributed by atoms with E-state index in [2.05, 4.69) is 0 Å². The fraction of sp³-hybridized carbons (Fsp3) is 0.538. The van der Waals surface area contributed by atoms with Crippen molar-refractivity contribution in [1.29, 1.82) is 0 Å². The molecule has 0 radical (unpaired) electrons. The molecule has 88 valence electrons. The van der Waals surface area contributed by atoms with Gasteiger partial charge < -0.3 is 10.0 Å². The zero-order valence-corrected chi connectivity index (χ0v) is 9.56. The van der Waals surface area contributed by atoms with Gasteiger partial charge in [0.05, 0.1) is 11.8 Å². The van der Waals surface area contributed by atoms with E-state index in [0.29, 0.717) is 5.69 Å². The third-order valence-corrected chi connectivity index (χ3v) is 3.39. The monoisotopic (exact) mass is 223 g/mol. The van der Waals surface area contributed by atoms with Gasteiger partial charge in [0.2, 0.25) is 0 Å². The summed E-state index contributed by atoms with van der Waals surface area (Å²) in [4.78, 5) is 1.90. The highest BCUT2D eigenvalue weighted by Gasteiger charge is 2.26. The Balaban J connectivity index is 2.03. The summed E-state index contributed by atoms with van der Waals surface area (Å²) in [6.45, 7) is 0.724. The van der Waals surface area contributed by atoms with Gasteiger partial charge in [0.25, 0.3) is 0 Å². The molecule has 2 nitrogen and oxygen atoms in total. The SMILES string of the molecule is CN(CC1CCCC1O)c1ccccc1F. The van der Waals surface area contributed by atoms with Crippen LogP contribution in [0.3, 0.4) is 0 Å². The molecule has 1 fully saturated rings. The second kappa shape index (κ2) is 4.83. The maximum Gasteiger partial charge on any atom is 0.146 e. The first-order valence-corrected chi connectivity index (χ1v) is 5.82. The zero-order valence-electron chi connectivity index (χ0n) is 9.56. The van der Waals surface area contributed by atoms with Crippen LogP contribution >= 0.6 is 0 Å². The summed E-state index contributed by atoms with van der Waals surface area (Å²) in [5.41, 5.74) is 0.613. The molecule has 0 heterocycles. The molecule has 0 bridgehead atoms. The predicted octanol–water partition coefficient (Wildman–Crippen LogP) is 2.42. The Labute approximate surface area is 95.7 Å².